The molecule has 1 aliphatic rings. The van der Waals surface area contributed by atoms with Crippen LogP contribution in [0.25, 0.3) is 10.8 Å². The van der Waals surface area contributed by atoms with E-state index in [4.69, 9.17) is 17.2 Å². The van der Waals surface area contributed by atoms with Crippen molar-refractivity contribution in [2.75, 3.05) is 26.2 Å². The molecular formula is C38H43FN6O4. The van der Waals surface area contributed by atoms with E-state index in [0.717, 1.165) is 16.3 Å². The van der Waals surface area contributed by atoms with Crippen molar-refractivity contribution in [1.82, 2.24) is 9.80 Å². The fraction of sp³-hybridized carbons (Fsp3) is 0.316. The fourth-order valence-electron chi connectivity index (χ4n) is 6.56. The molecule has 3 atom stereocenters. The number of nitrogens with two attached hydrogens (primary N) is 3. The van der Waals surface area contributed by atoms with Crippen LogP contribution < -0.4 is 17.2 Å². The number of phenols is 1. The molecule has 1 heterocycles. The number of primary amides is 1. The number of phenolic OH excluding ortho intramolecular Hbond substituents is 1. The Bertz CT molecular complexity index is 1790. The summed E-state index contributed by atoms with van der Waals surface area (Å²) in [5.41, 5.74) is 19.5. The van der Waals surface area contributed by atoms with Gasteiger partial charge in [0.15, 0.2) is 5.96 Å². The molecule has 49 heavy (non-hydrogen) atoms. The van der Waals surface area contributed by atoms with E-state index in [1.54, 1.807) is 34.1 Å². The van der Waals surface area contributed by atoms with Crippen molar-refractivity contribution in [3.05, 3.63) is 114 Å². The molecule has 256 valence electrons. The van der Waals surface area contributed by atoms with E-state index in [0.29, 0.717) is 50.0 Å². The number of piperazine rings is 1. The number of hydrogen-bond acceptors (Lipinski definition) is 5. The van der Waals surface area contributed by atoms with Gasteiger partial charge in [-0.15, -0.1) is 0 Å². The number of nitrogens with zero attached hydrogens (tertiary/aromatic N) is 3. The average molecular weight is 667 g/mol. The van der Waals surface area contributed by atoms with Crippen molar-refractivity contribution >= 4 is 34.5 Å². The number of halogens is 1. The lowest BCUT2D eigenvalue weighted by Crippen LogP contribution is -2.60. The van der Waals surface area contributed by atoms with Crippen molar-refractivity contribution < 1.29 is 23.9 Å². The number of guanidine groups is 1. The summed E-state index contributed by atoms with van der Waals surface area (Å²) < 4.78 is 13.8. The molecule has 3 amide bonds. The number of rotatable bonds is 14. The molecule has 1 saturated heterocycles. The Kier molecular flexibility index (Phi) is 11.5. The summed E-state index contributed by atoms with van der Waals surface area (Å²) in [4.78, 5) is 48.8. The Morgan fingerprint density at radius 3 is 2.16 bits per heavy atom. The largest absolute Gasteiger partial charge is 0.508 e. The molecule has 4 aromatic rings. The minimum atomic E-state index is -0.939. The van der Waals surface area contributed by atoms with E-state index in [1.807, 2.05) is 12.1 Å². The van der Waals surface area contributed by atoms with Crippen molar-refractivity contribution in [3.63, 3.8) is 0 Å². The van der Waals surface area contributed by atoms with Crippen LogP contribution in [0.5, 0.6) is 5.75 Å². The summed E-state index contributed by atoms with van der Waals surface area (Å²) in [6.07, 6.45) is 1.98. The van der Waals surface area contributed by atoms with Crippen molar-refractivity contribution in [2.24, 2.45) is 34.0 Å². The first kappa shape index (κ1) is 34.9. The lowest BCUT2D eigenvalue weighted by atomic mass is 9.80. The third-order valence-electron chi connectivity index (χ3n) is 9.22. The quantitative estimate of drug-likeness (QED) is 0.0913. The maximum Gasteiger partial charge on any atom is 0.242 e. The van der Waals surface area contributed by atoms with E-state index in [1.165, 1.54) is 24.3 Å². The second-order valence-corrected chi connectivity index (χ2v) is 12.7. The van der Waals surface area contributed by atoms with Crippen LogP contribution >= 0.6 is 0 Å². The maximum absolute atomic E-state index is 14.6. The van der Waals surface area contributed by atoms with Crippen molar-refractivity contribution in [2.45, 2.75) is 38.1 Å². The summed E-state index contributed by atoms with van der Waals surface area (Å²) in [5, 5.41) is 12.1. The predicted molar refractivity (Wildman–Crippen MR) is 188 cm³/mol. The third kappa shape index (κ3) is 9.34. The summed E-state index contributed by atoms with van der Waals surface area (Å²) in [6, 6.07) is 26.2. The normalized spacial score (nSPS) is 15.9. The number of aliphatic imine (C=N–C) groups is 1. The molecule has 0 bridgehead atoms. The summed E-state index contributed by atoms with van der Waals surface area (Å²) in [6.45, 7) is 0.986. The molecule has 3 unspecified atom stereocenters. The lowest BCUT2D eigenvalue weighted by molar-refractivity contribution is -0.153. The molecule has 0 aromatic heterocycles. The van der Waals surface area contributed by atoms with Crippen LogP contribution in [0.4, 0.5) is 4.39 Å². The smallest absolute Gasteiger partial charge is 0.242 e. The molecular weight excluding hydrogens is 623 g/mol. The molecule has 0 aliphatic carbocycles. The molecule has 11 heteroatoms. The highest BCUT2D eigenvalue weighted by atomic mass is 19.1. The molecule has 0 saturated carbocycles. The molecule has 1 aliphatic heterocycles. The number of carbonyl (C=O) groups is 3. The molecule has 0 radical (unpaired) electrons. The Morgan fingerprint density at radius 2 is 1.49 bits per heavy atom. The van der Waals surface area contributed by atoms with Gasteiger partial charge in [0.2, 0.25) is 17.7 Å². The second-order valence-electron chi connectivity index (χ2n) is 12.7. The van der Waals surface area contributed by atoms with Crippen LogP contribution in [0.15, 0.2) is 96.0 Å². The van der Waals surface area contributed by atoms with Gasteiger partial charge < -0.3 is 32.1 Å². The third-order valence-corrected chi connectivity index (χ3v) is 9.22. The monoisotopic (exact) mass is 666 g/mol. The van der Waals surface area contributed by atoms with E-state index in [2.05, 4.69) is 35.3 Å². The molecule has 7 N–H and O–H groups in total. The van der Waals surface area contributed by atoms with Crippen LogP contribution in [-0.4, -0.2) is 70.8 Å². The Labute approximate surface area is 285 Å². The van der Waals surface area contributed by atoms with E-state index in [-0.39, 0.29) is 49.0 Å². The fourth-order valence-corrected chi connectivity index (χ4v) is 6.56. The minimum absolute atomic E-state index is 0.0262. The number of amides is 3. The number of aromatic hydroxyl groups is 1. The lowest BCUT2D eigenvalue weighted by Gasteiger charge is -2.43. The van der Waals surface area contributed by atoms with Crippen molar-refractivity contribution in [1.29, 1.82) is 0 Å². The van der Waals surface area contributed by atoms with Crippen LogP contribution in [-0.2, 0) is 33.6 Å². The van der Waals surface area contributed by atoms with Gasteiger partial charge in [-0.25, -0.2) is 4.39 Å². The highest BCUT2D eigenvalue weighted by Gasteiger charge is 2.41. The van der Waals surface area contributed by atoms with Crippen LogP contribution in [0.2, 0.25) is 0 Å². The zero-order chi connectivity index (χ0) is 34.9. The van der Waals surface area contributed by atoms with Crippen LogP contribution in [0.1, 0.15) is 29.5 Å². The maximum atomic E-state index is 14.6. The van der Waals surface area contributed by atoms with E-state index in [9.17, 15) is 23.9 Å². The van der Waals surface area contributed by atoms with Gasteiger partial charge in [0.1, 0.15) is 18.1 Å². The molecule has 0 spiro atoms. The van der Waals surface area contributed by atoms with Gasteiger partial charge in [-0.3, -0.25) is 19.4 Å². The second kappa shape index (κ2) is 16.1. The predicted octanol–water partition coefficient (Wildman–Crippen LogP) is 3.52. The SMILES string of the molecule is NC(=O)C(Cc1ccc(O)cc1)C(Cc1ccc(F)cc1)C(=O)N1CC(=O)N(CCc2ccc3ccccc3c2)CC1CCCN=C(N)N. The molecule has 10 nitrogen and oxygen atoms in total. The molecule has 1 fully saturated rings. The summed E-state index contributed by atoms with van der Waals surface area (Å²) in [5.74, 6) is -3.49. The Balaban J connectivity index is 1.40. The number of benzene rings is 4. The van der Waals surface area contributed by atoms with Crippen molar-refractivity contribution in [3.8, 4) is 5.75 Å². The Hall–Kier alpha value is -5.45. The van der Waals surface area contributed by atoms with Gasteiger partial charge in [-0.1, -0.05) is 66.7 Å². The minimum Gasteiger partial charge on any atom is -0.508 e. The summed E-state index contributed by atoms with van der Waals surface area (Å²) in [7, 11) is 0. The van der Waals surface area contributed by atoms with E-state index >= 15 is 0 Å². The van der Waals surface area contributed by atoms with Gasteiger partial charge in [-0.2, -0.15) is 0 Å². The van der Waals surface area contributed by atoms with Gasteiger partial charge in [0, 0.05) is 25.7 Å². The molecule has 5 rings (SSSR count). The zero-order valence-corrected chi connectivity index (χ0v) is 27.4. The van der Waals surface area contributed by atoms with Gasteiger partial charge in [0.25, 0.3) is 0 Å². The standard InChI is InChI=1S/C38H43FN6O4/c39-30-13-8-25(9-14-30)22-34(33(36(40)48)21-26-10-15-32(46)16-11-26)37(49)45-24-35(47)44(23-31(45)6-3-18-43-38(41)42)19-17-27-7-12-28-4-1-2-5-29(28)20-27/h1-2,4-5,7-16,20,31,33-34,46H,3,6,17-19,21-24H2,(H2,40,48)(H4,41,42,43). The zero-order valence-electron chi connectivity index (χ0n) is 27.4. The topological polar surface area (TPSA) is 168 Å². The van der Waals surface area contributed by atoms with E-state index < -0.39 is 23.6 Å². The Morgan fingerprint density at radius 1 is 0.857 bits per heavy atom. The van der Waals surface area contributed by atoms with Gasteiger partial charge in [0.05, 0.1) is 11.8 Å². The van der Waals surface area contributed by atoms with Gasteiger partial charge in [-0.05, 0) is 83.8 Å². The number of fused-ring (bicyclic) bond motifs is 1. The first-order valence-electron chi connectivity index (χ1n) is 16.5. The van der Waals surface area contributed by atoms with Gasteiger partial charge >= 0.3 is 0 Å². The highest BCUT2D eigenvalue weighted by Crippen LogP contribution is 2.29. The first-order chi connectivity index (χ1) is 23.6. The number of hydrogen-bond donors (Lipinski definition) is 4. The number of carbonyl (C=O) groups excluding carboxylic acids is 3. The summed E-state index contributed by atoms with van der Waals surface area (Å²) >= 11 is 0. The first-order valence-corrected chi connectivity index (χ1v) is 16.5. The van der Waals surface area contributed by atoms with Crippen LogP contribution in [0, 0.1) is 17.7 Å². The average Bonchev–Trinajstić information content (AvgIpc) is 3.09. The highest BCUT2D eigenvalue weighted by molar-refractivity contribution is 5.91. The van der Waals surface area contributed by atoms with Crippen LogP contribution in [0.3, 0.4) is 0 Å². The molecule has 4 aromatic carbocycles.